The molecule has 1 aromatic heterocycles. The molecule has 5 heteroatoms. The van der Waals surface area contributed by atoms with Gasteiger partial charge >= 0.3 is 0 Å². The zero-order valence-corrected chi connectivity index (χ0v) is 13.7. The van der Waals surface area contributed by atoms with E-state index in [4.69, 9.17) is 4.74 Å². The quantitative estimate of drug-likeness (QED) is 0.713. The van der Waals surface area contributed by atoms with Gasteiger partial charge in [-0.05, 0) is 42.5 Å². The maximum absolute atomic E-state index is 12.5. The summed E-state index contributed by atoms with van der Waals surface area (Å²) in [5.74, 6) is 0.919. The van der Waals surface area contributed by atoms with Crippen LogP contribution in [0.5, 0.6) is 11.5 Å². The predicted octanol–water partition coefficient (Wildman–Crippen LogP) is 4.89. The van der Waals surface area contributed by atoms with Gasteiger partial charge in [-0.3, -0.25) is 9.78 Å². The number of ether oxygens (including phenoxy) is 1. The number of aromatic nitrogens is 1. The number of hydrogen-bond donors (Lipinski definition) is 1. The number of pyridine rings is 1. The van der Waals surface area contributed by atoms with E-state index in [1.165, 1.54) is 0 Å². The summed E-state index contributed by atoms with van der Waals surface area (Å²) in [4.78, 5) is 16.4. The molecule has 1 heterocycles. The van der Waals surface area contributed by atoms with Crippen LogP contribution in [0.15, 0.2) is 77.5 Å². The first kappa shape index (κ1) is 15.2. The van der Waals surface area contributed by atoms with Crippen LogP contribution in [0.4, 0.5) is 5.69 Å². The van der Waals surface area contributed by atoms with Crippen molar-refractivity contribution in [2.24, 2.45) is 0 Å². The number of nitrogens with one attached hydrogen (secondary N) is 1. The van der Waals surface area contributed by atoms with Crippen LogP contribution < -0.4 is 10.1 Å². The van der Waals surface area contributed by atoms with Crippen molar-refractivity contribution in [3.05, 3.63) is 83.1 Å². The molecule has 0 radical (unpaired) electrons. The normalized spacial score (nSPS) is 10.1. The van der Waals surface area contributed by atoms with E-state index in [1.807, 2.05) is 30.3 Å². The summed E-state index contributed by atoms with van der Waals surface area (Å²) in [6, 6.07) is 18.1. The van der Waals surface area contributed by atoms with Gasteiger partial charge in [0.2, 0.25) is 0 Å². The van der Waals surface area contributed by atoms with Gasteiger partial charge in [0.25, 0.3) is 5.91 Å². The van der Waals surface area contributed by atoms with E-state index in [0.717, 1.165) is 4.47 Å². The van der Waals surface area contributed by atoms with E-state index in [2.05, 4.69) is 26.2 Å². The van der Waals surface area contributed by atoms with Gasteiger partial charge in [-0.15, -0.1) is 0 Å². The molecule has 0 saturated carbocycles. The van der Waals surface area contributed by atoms with Gasteiger partial charge in [0.05, 0.1) is 5.56 Å². The Bertz CT molecular complexity index is 822. The van der Waals surface area contributed by atoms with Crippen molar-refractivity contribution < 1.29 is 9.53 Å². The third-order valence-electron chi connectivity index (χ3n) is 3.09. The van der Waals surface area contributed by atoms with Crippen LogP contribution in [0.25, 0.3) is 0 Å². The average molecular weight is 369 g/mol. The molecule has 3 aromatic rings. The van der Waals surface area contributed by atoms with Crippen LogP contribution in [0.2, 0.25) is 0 Å². The number of nitrogens with zero attached hydrogens (tertiary/aromatic N) is 1. The molecule has 0 unspecified atom stereocenters. The summed E-state index contributed by atoms with van der Waals surface area (Å²) in [7, 11) is 0. The molecule has 4 nitrogen and oxygen atoms in total. The highest BCUT2D eigenvalue weighted by molar-refractivity contribution is 9.10. The zero-order chi connectivity index (χ0) is 16.1. The lowest BCUT2D eigenvalue weighted by molar-refractivity contribution is 0.102. The van der Waals surface area contributed by atoms with Crippen molar-refractivity contribution in [1.29, 1.82) is 0 Å². The summed E-state index contributed by atoms with van der Waals surface area (Å²) >= 11 is 3.40. The van der Waals surface area contributed by atoms with Crippen LogP contribution in [-0.4, -0.2) is 10.9 Å². The summed E-state index contributed by atoms with van der Waals surface area (Å²) < 4.78 is 6.76. The van der Waals surface area contributed by atoms with Crippen LogP contribution >= 0.6 is 15.9 Å². The molecule has 0 aliphatic heterocycles. The number of carbonyl (C=O) groups is 1. The van der Waals surface area contributed by atoms with Crippen LogP contribution in [0.1, 0.15) is 10.4 Å². The molecule has 3 rings (SSSR count). The minimum Gasteiger partial charge on any atom is -0.456 e. The third-order valence-corrected chi connectivity index (χ3v) is 3.59. The fourth-order valence-corrected chi connectivity index (χ4v) is 2.41. The second kappa shape index (κ2) is 7.07. The van der Waals surface area contributed by atoms with Gasteiger partial charge in [-0.1, -0.05) is 34.1 Å². The Kier molecular flexibility index (Phi) is 4.68. The largest absolute Gasteiger partial charge is 0.456 e. The molecule has 114 valence electrons. The summed E-state index contributed by atoms with van der Waals surface area (Å²) in [6.07, 6.45) is 3.25. The summed E-state index contributed by atoms with van der Waals surface area (Å²) in [5.41, 5.74) is 1.14. The molecule has 0 fully saturated rings. The standard InChI is InChI=1S/C18H13BrN2O2/c19-13-4-3-5-15(12-13)23-17-7-2-1-6-16(17)18(22)21-14-8-10-20-11-9-14/h1-12H,(H,20,21,22). The van der Waals surface area contributed by atoms with Crippen LogP contribution in [-0.2, 0) is 0 Å². The van der Waals surface area contributed by atoms with Gasteiger partial charge in [-0.2, -0.15) is 0 Å². The van der Waals surface area contributed by atoms with Crippen molar-refractivity contribution in [3.8, 4) is 11.5 Å². The molecule has 0 atom stereocenters. The molecule has 0 bridgehead atoms. The van der Waals surface area contributed by atoms with Crippen molar-refractivity contribution in [2.45, 2.75) is 0 Å². The first-order valence-electron chi connectivity index (χ1n) is 6.96. The third kappa shape index (κ3) is 3.96. The molecule has 1 amide bonds. The number of rotatable bonds is 4. The Hall–Kier alpha value is -2.66. The maximum atomic E-state index is 12.5. The van der Waals surface area contributed by atoms with Crippen LogP contribution in [0.3, 0.4) is 0 Å². The number of para-hydroxylation sites is 1. The Labute approximate surface area is 142 Å². The molecular formula is C18H13BrN2O2. The molecule has 23 heavy (non-hydrogen) atoms. The minimum absolute atomic E-state index is 0.234. The Morgan fingerprint density at radius 2 is 1.78 bits per heavy atom. The second-order valence-electron chi connectivity index (χ2n) is 4.75. The lowest BCUT2D eigenvalue weighted by Crippen LogP contribution is -2.12. The molecule has 0 aliphatic rings. The Morgan fingerprint density at radius 1 is 1.00 bits per heavy atom. The highest BCUT2D eigenvalue weighted by Gasteiger charge is 2.13. The smallest absolute Gasteiger partial charge is 0.259 e. The molecular weight excluding hydrogens is 356 g/mol. The zero-order valence-electron chi connectivity index (χ0n) is 12.1. The van der Waals surface area contributed by atoms with Crippen molar-refractivity contribution in [3.63, 3.8) is 0 Å². The highest BCUT2D eigenvalue weighted by Crippen LogP contribution is 2.27. The number of benzene rings is 2. The van der Waals surface area contributed by atoms with Crippen LogP contribution in [0, 0.1) is 0 Å². The van der Waals surface area contributed by atoms with Crippen molar-refractivity contribution in [1.82, 2.24) is 4.98 Å². The van der Waals surface area contributed by atoms with Gasteiger partial charge in [0.1, 0.15) is 11.5 Å². The van der Waals surface area contributed by atoms with E-state index >= 15 is 0 Å². The number of halogens is 1. The number of anilines is 1. The molecule has 0 aliphatic carbocycles. The SMILES string of the molecule is O=C(Nc1ccncc1)c1ccccc1Oc1cccc(Br)c1. The first-order chi connectivity index (χ1) is 11.2. The second-order valence-corrected chi connectivity index (χ2v) is 5.66. The van der Waals surface area contributed by atoms with Crippen molar-refractivity contribution >= 4 is 27.5 Å². The number of carbonyl (C=O) groups excluding carboxylic acids is 1. The molecule has 2 aromatic carbocycles. The topological polar surface area (TPSA) is 51.2 Å². The fourth-order valence-electron chi connectivity index (χ4n) is 2.03. The summed E-state index contributed by atoms with van der Waals surface area (Å²) in [6.45, 7) is 0. The number of amides is 1. The van der Waals surface area contributed by atoms with E-state index in [-0.39, 0.29) is 5.91 Å². The first-order valence-corrected chi connectivity index (χ1v) is 7.75. The van der Waals surface area contributed by atoms with Gasteiger partial charge in [0, 0.05) is 22.6 Å². The Balaban J connectivity index is 1.84. The van der Waals surface area contributed by atoms with Gasteiger partial charge < -0.3 is 10.1 Å². The van der Waals surface area contributed by atoms with Crippen molar-refractivity contribution in [2.75, 3.05) is 5.32 Å². The van der Waals surface area contributed by atoms with E-state index < -0.39 is 0 Å². The number of hydrogen-bond acceptors (Lipinski definition) is 3. The lowest BCUT2D eigenvalue weighted by Gasteiger charge is -2.11. The Morgan fingerprint density at radius 3 is 2.57 bits per heavy atom. The molecule has 1 N–H and O–H groups in total. The molecule has 0 saturated heterocycles. The van der Waals surface area contributed by atoms with E-state index in [0.29, 0.717) is 22.7 Å². The fraction of sp³-hybridized carbons (Fsp3) is 0. The van der Waals surface area contributed by atoms with E-state index in [9.17, 15) is 4.79 Å². The lowest BCUT2D eigenvalue weighted by atomic mass is 10.2. The average Bonchev–Trinajstić information content (AvgIpc) is 2.56. The summed E-state index contributed by atoms with van der Waals surface area (Å²) in [5, 5.41) is 2.83. The van der Waals surface area contributed by atoms with E-state index in [1.54, 1.807) is 42.7 Å². The molecule has 0 spiro atoms. The minimum atomic E-state index is -0.234. The monoisotopic (exact) mass is 368 g/mol. The predicted molar refractivity (Wildman–Crippen MR) is 92.8 cm³/mol. The van der Waals surface area contributed by atoms with Gasteiger partial charge in [0.15, 0.2) is 0 Å². The highest BCUT2D eigenvalue weighted by atomic mass is 79.9. The maximum Gasteiger partial charge on any atom is 0.259 e. The van der Waals surface area contributed by atoms with Gasteiger partial charge in [-0.25, -0.2) is 0 Å².